The summed E-state index contributed by atoms with van der Waals surface area (Å²) in [6.45, 7) is 7.08. The standard InChI is InChI=1S/C11H18N2O2/c1-4-13-11(8(2)3)9(7-12-13)5-6-10(14)15/h7-8H,4-6H2,1-3H3,(H,14,15). The van der Waals surface area contributed by atoms with Crippen LogP contribution in [0.2, 0.25) is 0 Å². The molecule has 84 valence electrons. The molecule has 4 nitrogen and oxygen atoms in total. The van der Waals surface area contributed by atoms with Gasteiger partial charge in [0.1, 0.15) is 0 Å². The SMILES string of the molecule is CCn1ncc(CCC(=O)O)c1C(C)C. The first-order chi connectivity index (χ1) is 7.06. The molecule has 1 aromatic rings. The van der Waals surface area contributed by atoms with Crippen molar-refractivity contribution in [3.63, 3.8) is 0 Å². The number of carboxylic acids is 1. The minimum absolute atomic E-state index is 0.176. The highest BCUT2D eigenvalue weighted by molar-refractivity contribution is 5.67. The van der Waals surface area contributed by atoms with E-state index in [1.54, 1.807) is 6.20 Å². The lowest BCUT2D eigenvalue weighted by molar-refractivity contribution is -0.136. The first-order valence-electron chi connectivity index (χ1n) is 5.32. The Morgan fingerprint density at radius 3 is 2.73 bits per heavy atom. The van der Waals surface area contributed by atoms with Crippen molar-refractivity contribution in [1.29, 1.82) is 0 Å². The topological polar surface area (TPSA) is 55.1 Å². The third-order valence-electron chi connectivity index (χ3n) is 2.41. The van der Waals surface area contributed by atoms with Crippen molar-refractivity contribution in [2.45, 2.75) is 46.1 Å². The molecule has 0 aliphatic heterocycles. The minimum Gasteiger partial charge on any atom is -0.481 e. The van der Waals surface area contributed by atoms with Crippen LogP contribution in [0.25, 0.3) is 0 Å². The van der Waals surface area contributed by atoms with Gasteiger partial charge in [-0.15, -0.1) is 0 Å². The first-order valence-corrected chi connectivity index (χ1v) is 5.32. The van der Waals surface area contributed by atoms with Crippen molar-refractivity contribution in [2.24, 2.45) is 0 Å². The molecule has 0 fully saturated rings. The fourth-order valence-corrected chi connectivity index (χ4v) is 1.79. The van der Waals surface area contributed by atoms with Crippen LogP contribution in [0.4, 0.5) is 0 Å². The van der Waals surface area contributed by atoms with Gasteiger partial charge in [-0.05, 0) is 24.8 Å². The molecule has 0 radical (unpaired) electrons. The normalized spacial score (nSPS) is 10.9. The van der Waals surface area contributed by atoms with Crippen molar-refractivity contribution in [3.8, 4) is 0 Å². The average Bonchev–Trinajstić information content (AvgIpc) is 2.57. The number of hydrogen-bond donors (Lipinski definition) is 1. The zero-order valence-corrected chi connectivity index (χ0v) is 9.53. The van der Waals surface area contributed by atoms with Crippen LogP contribution in [0.5, 0.6) is 0 Å². The fraction of sp³-hybridized carbons (Fsp3) is 0.636. The molecule has 0 bridgehead atoms. The lowest BCUT2D eigenvalue weighted by atomic mass is 10.0. The van der Waals surface area contributed by atoms with Gasteiger partial charge in [0.2, 0.25) is 0 Å². The molecule has 15 heavy (non-hydrogen) atoms. The van der Waals surface area contributed by atoms with Gasteiger partial charge in [-0.25, -0.2) is 0 Å². The number of carbonyl (C=O) groups is 1. The van der Waals surface area contributed by atoms with E-state index in [9.17, 15) is 4.79 Å². The Balaban J connectivity index is 2.87. The fourth-order valence-electron chi connectivity index (χ4n) is 1.79. The molecule has 0 saturated heterocycles. The molecule has 0 saturated carbocycles. The second kappa shape index (κ2) is 4.96. The van der Waals surface area contributed by atoms with Crippen LogP contribution >= 0.6 is 0 Å². The molecular weight excluding hydrogens is 192 g/mol. The second-order valence-electron chi connectivity index (χ2n) is 3.92. The molecule has 0 aliphatic rings. The van der Waals surface area contributed by atoms with Crippen LogP contribution in [-0.2, 0) is 17.8 Å². The summed E-state index contributed by atoms with van der Waals surface area (Å²) >= 11 is 0. The summed E-state index contributed by atoms with van der Waals surface area (Å²) in [5.74, 6) is -0.370. The van der Waals surface area contributed by atoms with Gasteiger partial charge < -0.3 is 5.11 Å². The largest absolute Gasteiger partial charge is 0.481 e. The van der Waals surface area contributed by atoms with E-state index in [4.69, 9.17) is 5.11 Å². The number of aliphatic carboxylic acids is 1. The van der Waals surface area contributed by atoms with Crippen molar-refractivity contribution < 1.29 is 9.90 Å². The second-order valence-corrected chi connectivity index (χ2v) is 3.92. The molecule has 0 amide bonds. The summed E-state index contributed by atoms with van der Waals surface area (Å²) in [6, 6.07) is 0. The van der Waals surface area contributed by atoms with E-state index in [2.05, 4.69) is 18.9 Å². The zero-order chi connectivity index (χ0) is 11.4. The maximum atomic E-state index is 10.5. The predicted molar refractivity (Wildman–Crippen MR) is 57.9 cm³/mol. The smallest absolute Gasteiger partial charge is 0.303 e. The van der Waals surface area contributed by atoms with Crippen LogP contribution in [0, 0.1) is 0 Å². The van der Waals surface area contributed by atoms with Gasteiger partial charge in [0.15, 0.2) is 0 Å². The van der Waals surface area contributed by atoms with Crippen LogP contribution in [0.15, 0.2) is 6.20 Å². The monoisotopic (exact) mass is 210 g/mol. The lowest BCUT2D eigenvalue weighted by Gasteiger charge is -2.10. The zero-order valence-electron chi connectivity index (χ0n) is 9.53. The van der Waals surface area contributed by atoms with Gasteiger partial charge in [0, 0.05) is 18.7 Å². The van der Waals surface area contributed by atoms with Gasteiger partial charge in [0.05, 0.1) is 6.20 Å². The predicted octanol–water partition coefficient (Wildman–Crippen LogP) is 2.04. The van der Waals surface area contributed by atoms with Gasteiger partial charge in [-0.3, -0.25) is 9.48 Å². The average molecular weight is 210 g/mol. The van der Waals surface area contributed by atoms with E-state index in [1.165, 1.54) is 5.69 Å². The number of aryl methyl sites for hydroxylation is 2. The van der Waals surface area contributed by atoms with Crippen molar-refractivity contribution >= 4 is 5.97 Å². The maximum Gasteiger partial charge on any atom is 0.303 e. The molecule has 0 aromatic carbocycles. The first kappa shape index (κ1) is 11.8. The van der Waals surface area contributed by atoms with E-state index in [0.29, 0.717) is 12.3 Å². The van der Waals surface area contributed by atoms with Crippen molar-refractivity contribution in [2.75, 3.05) is 0 Å². The van der Waals surface area contributed by atoms with Crippen LogP contribution < -0.4 is 0 Å². The highest BCUT2D eigenvalue weighted by Gasteiger charge is 2.13. The Bertz CT molecular complexity index is 342. The number of hydrogen-bond acceptors (Lipinski definition) is 2. The van der Waals surface area contributed by atoms with Crippen LogP contribution in [0.3, 0.4) is 0 Å². The van der Waals surface area contributed by atoms with Crippen LogP contribution in [0.1, 0.15) is 44.4 Å². The molecule has 1 N–H and O–H groups in total. The highest BCUT2D eigenvalue weighted by Crippen LogP contribution is 2.20. The summed E-state index contributed by atoms with van der Waals surface area (Å²) in [6.07, 6.45) is 2.54. The molecular formula is C11H18N2O2. The third kappa shape index (κ3) is 2.81. The van der Waals surface area contributed by atoms with Gasteiger partial charge in [-0.1, -0.05) is 13.8 Å². The van der Waals surface area contributed by atoms with E-state index < -0.39 is 5.97 Å². The van der Waals surface area contributed by atoms with Crippen molar-refractivity contribution in [3.05, 3.63) is 17.5 Å². The number of aromatic nitrogens is 2. The summed E-state index contributed by atoms with van der Waals surface area (Å²) in [7, 11) is 0. The minimum atomic E-state index is -0.756. The Hall–Kier alpha value is -1.32. The van der Waals surface area contributed by atoms with Crippen molar-refractivity contribution in [1.82, 2.24) is 9.78 Å². The maximum absolute atomic E-state index is 10.5. The Morgan fingerprint density at radius 2 is 2.27 bits per heavy atom. The summed E-state index contributed by atoms with van der Waals surface area (Å²) in [4.78, 5) is 10.5. The third-order valence-corrected chi connectivity index (χ3v) is 2.41. The quantitative estimate of drug-likeness (QED) is 0.809. The van der Waals surface area contributed by atoms with E-state index in [1.807, 2.05) is 11.6 Å². The number of rotatable bonds is 5. The number of carboxylic acid groups (broad SMARTS) is 1. The van der Waals surface area contributed by atoms with E-state index >= 15 is 0 Å². The van der Waals surface area contributed by atoms with Crippen LogP contribution in [-0.4, -0.2) is 20.9 Å². The van der Waals surface area contributed by atoms with E-state index in [0.717, 1.165) is 12.1 Å². The molecule has 0 atom stereocenters. The Kier molecular flexibility index (Phi) is 3.88. The van der Waals surface area contributed by atoms with Gasteiger partial charge in [0.25, 0.3) is 0 Å². The van der Waals surface area contributed by atoms with Gasteiger partial charge in [-0.2, -0.15) is 5.10 Å². The summed E-state index contributed by atoms with van der Waals surface area (Å²) in [5, 5.41) is 12.9. The number of nitrogens with zero attached hydrogens (tertiary/aromatic N) is 2. The molecule has 0 aliphatic carbocycles. The molecule has 0 spiro atoms. The summed E-state index contributed by atoms with van der Waals surface area (Å²) < 4.78 is 1.95. The summed E-state index contributed by atoms with van der Waals surface area (Å²) in [5.41, 5.74) is 2.23. The van der Waals surface area contributed by atoms with Gasteiger partial charge >= 0.3 is 5.97 Å². The lowest BCUT2D eigenvalue weighted by Crippen LogP contribution is -2.07. The Labute approximate surface area is 89.9 Å². The molecule has 1 heterocycles. The highest BCUT2D eigenvalue weighted by atomic mass is 16.4. The Morgan fingerprint density at radius 1 is 1.60 bits per heavy atom. The molecule has 4 heteroatoms. The molecule has 1 rings (SSSR count). The molecule has 0 unspecified atom stereocenters. The molecule has 1 aromatic heterocycles. The van der Waals surface area contributed by atoms with E-state index in [-0.39, 0.29) is 6.42 Å².